The summed E-state index contributed by atoms with van der Waals surface area (Å²) in [6.07, 6.45) is 5.51. The van der Waals surface area contributed by atoms with Crippen molar-refractivity contribution in [3.05, 3.63) is 18.0 Å². The van der Waals surface area contributed by atoms with Crippen LogP contribution in [0.1, 0.15) is 44.8 Å². The first kappa shape index (κ1) is 16.0. The van der Waals surface area contributed by atoms with E-state index in [1.165, 1.54) is 31.5 Å². The van der Waals surface area contributed by atoms with Crippen LogP contribution in [-0.4, -0.2) is 65.0 Å². The predicted octanol–water partition coefficient (Wildman–Crippen LogP) is 2.15. The molecular formula is C17H30N4O. The van der Waals surface area contributed by atoms with Crippen LogP contribution in [0, 0.1) is 0 Å². The van der Waals surface area contributed by atoms with Crippen molar-refractivity contribution in [2.75, 3.05) is 39.4 Å². The fourth-order valence-electron chi connectivity index (χ4n) is 3.83. The van der Waals surface area contributed by atoms with E-state index >= 15 is 0 Å². The van der Waals surface area contributed by atoms with Crippen LogP contribution in [0.25, 0.3) is 0 Å². The van der Waals surface area contributed by atoms with Crippen LogP contribution < -0.4 is 0 Å². The van der Waals surface area contributed by atoms with Crippen LogP contribution in [0.5, 0.6) is 0 Å². The summed E-state index contributed by atoms with van der Waals surface area (Å²) in [5.74, 6) is 0. The number of hydrogen-bond donors (Lipinski definition) is 0. The maximum atomic E-state index is 5.53. The van der Waals surface area contributed by atoms with Crippen molar-refractivity contribution >= 4 is 0 Å². The highest BCUT2D eigenvalue weighted by atomic mass is 16.5. The molecule has 3 heterocycles. The maximum absolute atomic E-state index is 5.53. The summed E-state index contributed by atoms with van der Waals surface area (Å²) in [6.45, 7) is 12.0. The number of rotatable bonds is 6. The molecule has 124 valence electrons. The number of fused-ring (bicyclic) bond motifs is 1. The van der Waals surface area contributed by atoms with Gasteiger partial charge in [0.15, 0.2) is 0 Å². The highest BCUT2D eigenvalue weighted by Gasteiger charge is 2.30. The standard InChI is InChI=1S/C17H30N4O/c1-3-19(4-2)10-6-17-14-20(15-7-11-22-12-8-15)13-16-5-9-18-21(16)17/h5,9,15,17H,3-4,6-8,10-14H2,1-2H3/t17-/m0/s1. The van der Waals surface area contributed by atoms with E-state index in [0.717, 1.165) is 39.4 Å². The average molecular weight is 306 g/mol. The molecule has 0 aromatic carbocycles. The Balaban J connectivity index is 1.66. The first-order valence-electron chi connectivity index (χ1n) is 8.88. The molecular weight excluding hydrogens is 276 g/mol. The van der Waals surface area contributed by atoms with Crippen LogP contribution in [0.4, 0.5) is 0 Å². The van der Waals surface area contributed by atoms with E-state index < -0.39 is 0 Å². The van der Waals surface area contributed by atoms with Gasteiger partial charge in [0.05, 0.1) is 11.7 Å². The van der Waals surface area contributed by atoms with Gasteiger partial charge >= 0.3 is 0 Å². The highest BCUT2D eigenvalue weighted by molar-refractivity contribution is 5.06. The molecule has 3 rings (SSSR count). The van der Waals surface area contributed by atoms with Crippen molar-refractivity contribution in [1.29, 1.82) is 0 Å². The van der Waals surface area contributed by atoms with Crippen molar-refractivity contribution < 1.29 is 4.74 Å². The van der Waals surface area contributed by atoms with Gasteiger partial charge in [-0.05, 0) is 38.4 Å². The second-order valence-electron chi connectivity index (χ2n) is 6.51. The first-order valence-corrected chi connectivity index (χ1v) is 8.88. The van der Waals surface area contributed by atoms with Crippen molar-refractivity contribution in [2.45, 2.75) is 51.7 Å². The third-order valence-electron chi connectivity index (χ3n) is 5.29. The predicted molar refractivity (Wildman–Crippen MR) is 87.9 cm³/mol. The molecule has 1 aromatic heterocycles. The molecule has 0 bridgehead atoms. The lowest BCUT2D eigenvalue weighted by molar-refractivity contribution is 0.0150. The Morgan fingerprint density at radius 2 is 2.05 bits per heavy atom. The molecule has 2 aliphatic heterocycles. The minimum atomic E-state index is 0.516. The summed E-state index contributed by atoms with van der Waals surface area (Å²) in [4.78, 5) is 5.18. The quantitative estimate of drug-likeness (QED) is 0.806. The monoisotopic (exact) mass is 306 g/mol. The molecule has 5 nitrogen and oxygen atoms in total. The highest BCUT2D eigenvalue weighted by Crippen LogP contribution is 2.27. The fraction of sp³-hybridized carbons (Fsp3) is 0.824. The molecule has 0 N–H and O–H groups in total. The molecule has 0 spiro atoms. The van der Waals surface area contributed by atoms with E-state index in [1.54, 1.807) is 0 Å². The summed E-state index contributed by atoms with van der Waals surface area (Å²) in [5, 5.41) is 4.59. The van der Waals surface area contributed by atoms with Gasteiger partial charge in [-0.25, -0.2) is 0 Å². The Morgan fingerprint density at radius 1 is 1.27 bits per heavy atom. The molecule has 1 aromatic rings. The molecule has 1 atom stereocenters. The first-order chi connectivity index (χ1) is 10.8. The zero-order chi connectivity index (χ0) is 15.4. The smallest absolute Gasteiger partial charge is 0.0662 e. The molecule has 0 aliphatic carbocycles. The Kier molecular flexibility index (Phi) is 5.50. The van der Waals surface area contributed by atoms with Gasteiger partial charge in [0.1, 0.15) is 0 Å². The van der Waals surface area contributed by atoms with Crippen LogP contribution in [0.3, 0.4) is 0 Å². The second kappa shape index (κ2) is 7.57. The summed E-state index contributed by atoms with van der Waals surface area (Å²) in [7, 11) is 0. The van der Waals surface area contributed by atoms with E-state index in [-0.39, 0.29) is 0 Å². The maximum Gasteiger partial charge on any atom is 0.0662 e. The number of nitrogens with zero attached hydrogens (tertiary/aromatic N) is 4. The summed E-state index contributed by atoms with van der Waals surface area (Å²) in [6, 6.07) is 3.39. The minimum absolute atomic E-state index is 0.516. The van der Waals surface area contributed by atoms with Gasteiger partial charge in [-0.15, -0.1) is 0 Å². The topological polar surface area (TPSA) is 33.5 Å². The third-order valence-corrected chi connectivity index (χ3v) is 5.29. The lowest BCUT2D eigenvalue weighted by atomic mass is 10.0. The third kappa shape index (κ3) is 3.53. The minimum Gasteiger partial charge on any atom is -0.381 e. The van der Waals surface area contributed by atoms with Crippen molar-refractivity contribution in [2.24, 2.45) is 0 Å². The van der Waals surface area contributed by atoms with Gasteiger partial charge < -0.3 is 9.64 Å². The van der Waals surface area contributed by atoms with Crippen LogP contribution >= 0.6 is 0 Å². The summed E-state index contributed by atoms with van der Waals surface area (Å²) in [5.41, 5.74) is 1.38. The number of aromatic nitrogens is 2. The number of ether oxygens (including phenoxy) is 1. The van der Waals surface area contributed by atoms with Gasteiger partial charge in [-0.1, -0.05) is 13.8 Å². The molecule has 0 saturated carbocycles. The lowest BCUT2D eigenvalue weighted by Crippen LogP contribution is -2.46. The van der Waals surface area contributed by atoms with Gasteiger partial charge in [0.25, 0.3) is 0 Å². The van der Waals surface area contributed by atoms with E-state index in [2.05, 4.69) is 39.5 Å². The Hall–Kier alpha value is -0.910. The van der Waals surface area contributed by atoms with E-state index in [9.17, 15) is 0 Å². The molecule has 5 heteroatoms. The molecule has 1 saturated heterocycles. The van der Waals surface area contributed by atoms with Gasteiger partial charge in [-0.2, -0.15) is 5.10 Å². The number of hydrogen-bond acceptors (Lipinski definition) is 4. The van der Waals surface area contributed by atoms with Crippen molar-refractivity contribution in [3.63, 3.8) is 0 Å². The largest absolute Gasteiger partial charge is 0.381 e. The molecule has 2 aliphatic rings. The zero-order valence-electron chi connectivity index (χ0n) is 14.1. The fourth-order valence-corrected chi connectivity index (χ4v) is 3.83. The zero-order valence-corrected chi connectivity index (χ0v) is 14.1. The Labute approximate surface area is 134 Å². The Morgan fingerprint density at radius 3 is 2.77 bits per heavy atom. The molecule has 22 heavy (non-hydrogen) atoms. The van der Waals surface area contributed by atoms with Crippen LogP contribution in [-0.2, 0) is 11.3 Å². The van der Waals surface area contributed by atoms with E-state index in [0.29, 0.717) is 12.1 Å². The molecule has 0 amide bonds. The van der Waals surface area contributed by atoms with Gasteiger partial charge in [-0.3, -0.25) is 9.58 Å². The second-order valence-corrected chi connectivity index (χ2v) is 6.51. The van der Waals surface area contributed by atoms with Gasteiger partial charge in [0, 0.05) is 45.1 Å². The van der Waals surface area contributed by atoms with Crippen molar-refractivity contribution in [3.8, 4) is 0 Å². The van der Waals surface area contributed by atoms with Gasteiger partial charge in [0.2, 0.25) is 0 Å². The van der Waals surface area contributed by atoms with Crippen LogP contribution in [0.15, 0.2) is 12.3 Å². The Bertz CT molecular complexity index is 451. The molecule has 0 unspecified atom stereocenters. The summed E-state index contributed by atoms with van der Waals surface area (Å²) < 4.78 is 7.81. The van der Waals surface area contributed by atoms with Crippen LogP contribution in [0.2, 0.25) is 0 Å². The molecule has 0 radical (unpaired) electrons. The average Bonchev–Trinajstić information content (AvgIpc) is 3.05. The van der Waals surface area contributed by atoms with E-state index in [1.807, 2.05) is 6.20 Å². The molecule has 1 fully saturated rings. The summed E-state index contributed by atoms with van der Waals surface area (Å²) >= 11 is 0. The van der Waals surface area contributed by atoms with Crippen molar-refractivity contribution in [1.82, 2.24) is 19.6 Å². The normalized spacial score (nSPS) is 23.9. The van der Waals surface area contributed by atoms with E-state index in [4.69, 9.17) is 4.74 Å². The lowest BCUT2D eigenvalue weighted by Gasteiger charge is -2.40. The SMILES string of the molecule is CCN(CC)CC[C@H]1CN(C2CCOCC2)Cc2ccnn21.